The summed E-state index contributed by atoms with van der Waals surface area (Å²) in [6, 6.07) is 7.18. The van der Waals surface area contributed by atoms with Crippen LogP contribution < -0.4 is 4.72 Å². The summed E-state index contributed by atoms with van der Waals surface area (Å²) in [6.45, 7) is 1.22. The number of para-hydroxylation sites is 1. The monoisotopic (exact) mass is 304 g/mol. The fourth-order valence-corrected chi connectivity index (χ4v) is 3.52. The van der Waals surface area contributed by atoms with Crippen molar-refractivity contribution in [1.29, 1.82) is 0 Å². The zero-order chi connectivity index (χ0) is 11.6. The molecule has 0 amide bonds. The van der Waals surface area contributed by atoms with Crippen LogP contribution in [0.1, 0.15) is 12.8 Å². The molecule has 0 bridgehead atoms. The summed E-state index contributed by atoms with van der Waals surface area (Å²) in [4.78, 5) is 0. The van der Waals surface area contributed by atoms with E-state index in [0.29, 0.717) is 18.8 Å². The molecule has 1 aliphatic heterocycles. The van der Waals surface area contributed by atoms with Gasteiger partial charge < -0.3 is 0 Å². The number of halogens is 1. The van der Waals surface area contributed by atoms with Crippen LogP contribution >= 0.6 is 15.9 Å². The van der Waals surface area contributed by atoms with Crippen molar-refractivity contribution < 1.29 is 8.42 Å². The Balaban J connectivity index is 2.18. The van der Waals surface area contributed by atoms with Crippen molar-refractivity contribution in [2.24, 2.45) is 0 Å². The van der Waals surface area contributed by atoms with Crippen molar-refractivity contribution in [3.05, 3.63) is 28.7 Å². The van der Waals surface area contributed by atoms with Crippen molar-refractivity contribution in [2.45, 2.75) is 12.8 Å². The van der Waals surface area contributed by atoms with E-state index in [-0.39, 0.29) is 0 Å². The van der Waals surface area contributed by atoms with Crippen LogP contribution in [0.3, 0.4) is 0 Å². The molecule has 0 saturated carbocycles. The molecule has 0 spiro atoms. The number of nitrogens with zero attached hydrogens (tertiary/aromatic N) is 1. The molecule has 0 aromatic heterocycles. The molecule has 6 heteroatoms. The van der Waals surface area contributed by atoms with E-state index in [1.165, 1.54) is 4.31 Å². The normalized spacial score (nSPS) is 17.6. The maximum absolute atomic E-state index is 11.9. The molecule has 16 heavy (non-hydrogen) atoms. The number of rotatable bonds is 3. The first-order chi connectivity index (χ1) is 7.59. The molecule has 1 fully saturated rings. The average Bonchev–Trinajstić information content (AvgIpc) is 2.75. The van der Waals surface area contributed by atoms with Gasteiger partial charge in [-0.2, -0.15) is 12.7 Å². The summed E-state index contributed by atoms with van der Waals surface area (Å²) >= 11 is 3.31. The Kier molecular flexibility index (Phi) is 3.51. The minimum atomic E-state index is -3.38. The molecule has 88 valence electrons. The van der Waals surface area contributed by atoms with Gasteiger partial charge in [0.15, 0.2) is 0 Å². The van der Waals surface area contributed by atoms with Gasteiger partial charge in [-0.25, -0.2) is 0 Å². The Labute approximate surface area is 104 Å². The molecule has 1 saturated heterocycles. The molecule has 2 rings (SSSR count). The van der Waals surface area contributed by atoms with Gasteiger partial charge in [0.1, 0.15) is 0 Å². The molecule has 1 aliphatic rings. The zero-order valence-electron chi connectivity index (χ0n) is 8.69. The third-order valence-corrected chi connectivity index (χ3v) is 4.73. The molecule has 1 N–H and O–H groups in total. The largest absolute Gasteiger partial charge is 0.301 e. The van der Waals surface area contributed by atoms with Crippen molar-refractivity contribution in [1.82, 2.24) is 4.31 Å². The fourth-order valence-electron chi connectivity index (χ4n) is 1.68. The molecule has 0 atom stereocenters. The quantitative estimate of drug-likeness (QED) is 0.931. The second-order valence-corrected chi connectivity index (χ2v) is 6.22. The number of hydrogen-bond acceptors (Lipinski definition) is 2. The topological polar surface area (TPSA) is 49.4 Å². The van der Waals surface area contributed by atoms with Crippen molar-refractivity contribution in [3.8, 4) is 0 Å². The molecular formula is C10H13BrN2O2S. The Morgan fingerprint density at radius 2 is 1.81 bits per heavy atom. The van der Waals surface area contributed by atoms with Crippen molar-refractivity contribution >= 4 is 31.8 Å². The van der Waals surface area contributed by atoms with Gasteiger partial charge in [0.2, 0.25) is 0 Å². The zero-order valence-corrected chi connectivity index (χ0v) is 11.1. The van der Waals surface area contributed by atoms with E-state index >= 15 is 0 Å². The predicted molar refractivity (Wildman–Crippen MR) is 67.5 cm³/mol. The van der Waals surface area contributed by atoms with Gasteiger partial charge in [-0.05, 0) is 40.9 Å². The van der Waals surface area contributed by atoms with Gasteiger partial charge in [0, 0.05) is 17.6 Å². The second-order valence-electron chi connectivity index (χ2n) is 3.69. The summed E-state index contributed by atoms with van der Waals surface area (Å²) in [5, 5.41) is 0. The molecule has 0 aliphatic carbocycles. The first-order valence-corrected chi connectivity index (χ1v) is 7.35. The second kappa shape index (κ2) is 4.73. The van der Waals surface area contributed by atoms with Crippen molar-refractivity contribution in [2.75, 3.05) is 17.8 Å². The smallest absolute Gasteiger partial charge is 0.270 e. The standard InChI is InChI=1S/C10H13BrN2O2S/c11-9-5-1-2-6-10(9)12-16(14,15)13-7-3-4-8-13/h1-2,5-6,12H,3-4,7-8H2. The van der Waals surface area contributed by atoms with E-state index in [2.05, 4.69) is 20.7 Å². The molecule has 0 radical (unpaired) electrons. The highest BCUT2D eigenvalue weighted by molar-refractivity contribution is 9.10. The van der Waals surface area contributed by atoms with E-state index in [0.717, 1.165) is 17.3 Å². The average molecular weight is 305 g/mol. The van der Waals surface area contributed by atoms with E-state index in [4.69, 9.17) is 0 Å². The van der Waals surface area contributed by atoms with Gasteiger partial charge in [0.25, 0.3) is 0 Å². The molecule has 1 heterocycles. The third kappa shape index (κ3) is 2.56. The van der Waals surface area contributed by atoms with Gasteiger partial charge in [-0.3, -0.25) is 4.72 Å². The predicted octanol–water partition coefficient (Wildman–Crippen LogP) is 2.20. The maximum atomic E-state index is 11.9. The maximum Gasteiger partial charge on any atom is 0.301 e. The lowest BCUT2D eigenvalue weighted by atomic mass is 10.3. The highest BCUT2D eigenvalue weighted by atomic mass is 79.9. The van der Waals surface area contributed by atoms with Crippen LogP contribution in [0.4, 0.5) is 5.69 Å². The van der Waals surface area contributed by atoms with Crippen LogP contribution in [0.25, 0.3) is 0 Å². The Hall–Kier alpha value is -0.590. The van der Waals surface area contributed by atoms with Gasteiger partial charge in [-0.15, -0.1) is 0 Å². The van der Waals surface area contributed by atoms with Crippen LogP contribution in [0, 0.1) is 0 Å². The molecule has 1 aromatic rings. The summed E-state index contributed by atoms with van der Waals surface area (Å²) in [6.07, 6.45) is 1.88. The first kappa shape index (κ1) is 11.9. The summed E-state index contributed by atoms with van der Waals surface area (Å²) in [5.41, 5.74) is 0.578. The van der Waals surface area contributed by atoms with E-state index in [9.17, 15) is 8.42 Å². The Bertz CT molecular complexity index is 469. The summed E-state index contributed by atoms with van der Waals surface area (Å²) < 4.78 is 28.7. The fraction of sp³-hybridized carbons (Fsp3) is 0.400. The van der Waals surface area contributed by atoms with Crippen molar-refractivity contribution in [3.63, 3.8) is 0 Å². The van der Waals surface area contributed by atoms with Crippen LogP contribution in [-0.4, -0.2) is 25.8 Å². The Morgan fingerprint density at radius 3 is 2.44 bits per heavy atom. The number of anilines is 1. The number of hydrogen-bond donors (Lipinski definition) is 1. The first-order valence-electron chi connectivity index (χ1n) is 5.12. The highest BCUT2D eigenvalue weighted by Crippen LogP contribution is 2.24. The lowest BCUT2D eigenvalue weighted by Crippen LogP contribution is -2.33. The third-order valence-electron chi connectivity index (χ3n) is 2.52. The van der Waals surface area contributed by atoms with Crippen LogP contribution in [-0.2, 0) is 10.2 Å². The lowest BCUT2D eigenvalue weighted by molar-refractivity contribution is 0.482. The SMILES string of the molecule is O=S(=O)(Nc1ccccc1Br)N1CCCC1. The lowest BCUT2D eigenvalue weighted by Gasteiger charge is -2.17. The number of benzene rings is 1. The van der Waals surface area contributed by atoms with Crippen LogP contribution in [0.15, 0.2) is 28.7 Å². The van der Waals surface area contributed by atoms with Crippen LogP contribution in [0.5, 0.6) is 0 Å². The van der Waals surface area contributed by atoms with Crippen LogP contribution in [0.2, 0.25) is 0 Å². The van der Waals surface area contributed by atoms with E-state index in [1.54, 1.807) is 12.1 Å². The minimum Gasteiger partial charge on any atom is -0.270 e. The van der Waals surface area contributed by atoms with Gasteiger partial charge in [-0.1, -0.05) is 12.1 Å². The number of nitrogens with one attached hydrogen (secondary N) is 1. The summed E-state index contributed by atoms with van der Waals surface area (Å²) in [5.74, 6) is 0. The van der Waals surface area contributed by atoms with Gasteiger partial charge in [0.05, 0.1) is 5.69 Å². The van der Waals surface area contributed by atoms with E-state index < -0.39 is 10.2 Å². The summed E-state index contributed by atoms with van der Waals surface area (Å²) in [7, 11) is -3.38. The molecular weight excluding hydrogens is 292 g/mol. The molecule has 1 aromatic carbocycles. The molecule has 4 nitrogen and oxygen atoms in total. The highest BCUT2D eigenvalue weighted by Gasteiger charge is 2.25. The molecule has 0 unspecified atom stereocenters. The van der Waals surface area contributed by atoms with Gasteiger partial charge >= 0.3 is 10.2 Å². The Morgan fingerprint density at radius 1 is 1.19 bits per heavy atom. The van der Waals surface area contributed by atoms with E-state index in [1.807, 2.05) is 12.1 Å². The minimum absolute atomic E-state index is 0.578.